The van der Waals surface area contributed by atoms with Crippen LogP contribution in [0.15, 0.2) is 18.6 Å². The van der Waals surface area contributed by atoms with E-state index >= 15 is 0 Å². The van der Waals surface area contributed by atoms with Crippen molar-refractivity contribution < 1.29 is 4.79 Å². The van der Waals surface area contributed by atoms with E-state index in [4.69, 9.17) is 11.5 Å². The summed E-state index contributed by atoms with van der Waals surface area (Å²) in [4.78, 5) is 10.8. The van der Waals surface area contributed by atoms with E-state index in [0.29, 0.717) is 5.56 Å². The smallest absolute Gasteiger partial charge is 0.250 e. The third-order valence-electron chi connectivity index (χ3n) is 1.45. The fraction of sp³-hybridized carbons (Fsp3) is 0.143. The summed E-state index contributed by atoms with van der Waals surface area (Å²) >= 11 is 0. The number of carbonyl (C=O) groups excluding carboxylic acids is 1. The van der Waals surface area contributed by atoms with Crippen LogP contribution in [0, 0.1) is 0 Å². The molecule has 0 saturated carbocycles. The summed E-state index contributed by atoms with van der Waals surface area (Å²) in [6.45, 7) is 0. The average Bonchev–Trinajstić information content (AvgIpc) is 2.37. The van der Waals surface area contributed by atoms with Crippen molar-refractivity contribution in [1.82, 2.24) is 9.78 Å². The van der Waals surface area contributed by atoms with E-state index in [1.807, 2.05) is 0 Å². The monoisotopic (exact) mass is 166 g/mol. The second-order valence-corrected chi connectivity index (χ2v) is 2.35. The fourth-order valence-electron chi connectivity index (χ4n) is 0.881. The van der Waals surface area contributed by atoms with Crippen LogP contribution in [0.3, 0.4) is 0 Å². The van der Waals surface area contributed by atoms with Crippen LogP contribution in [0.5, 0.6) is 0 Å². The molecule has 0 saturated heterocycles. The lowest BCUT2D eigenvalue weighted by atomic mass is 10.1. The van der Waals surface area contributed by atoms with Gasteiger partial charge in [-0.15, -0.1) is 0 Å². The number of primary amides is 1. The number of amides is 1. The van der Waals surface area contributed by atoms with Gasteiger partial charge in [-0.2, -0.15) is 5.10 Å². The SMILES string of the molecule is Cn1cc(/C(=C/N)C(N)=O)cn1. The third kappa shape index (κ3) is 1.45. The number of rotatable bonds is 2. The molecule has 0 aliphatic rings. The van der Waals surface area contributed by atoms with Gasteiger partial charge in [-0.1, -0.05) is 0 Å². The summed E-state index contributed by atoms with van der Waals surface area (Å²) in [6, 6.07) is 0. The highest BCUT2D eigenvalue weighted by Gasteiger charge is 2.08. The topological polar surface area (TPSA) is 86.9 Å². The largest absolute Gasteiger partial charge is 0.404 e. The van der Waals surface area contributed by atoms with Crippen LogP contribution in [-0.4, -0.2) is 15.7 Å². The maximum atomic E-state index is 10.8. The minimum absolute atomic E-state index is 0.281. The van der Waals surface area contributed by atoms with Crippen molar-refractivity contribution >= 4 is 11.5 Å². The van der Waals surface area contributed by atoms with Crippen LogP contribution < -0.4 is 11.5 Å². The first kappa shape index (κ1) is 8.32. The zero-order valence-corrected chi connectivity index (χ0v) is 6.69. The second kappa shape index (κ2) is 3.08. The maximum absolute atomic E-state index is 10.8. The van der Waals surface area contributed by atoms with E-state index in [-0.39, 0.29) is 5.57 Å². The van der Waals surface area contributed by atoms with Crippen LogP contribution >= 0.6 is 0 Å². The molecule has 1 amide bonds. The molecule has 0 aliphatic heterocycles. The maximum Gasteiger partial charge on any atom is 0.250 e. The van der Waals surface area contributed by atoms with Crippen LogP contribution in [-0.2, 0) is 11.8 Å². The Hall–Kier alpha value is -1.78. The first-order valence-corrected chi connectivity index (χ1v) is 3.36. The molecule has 0 aliphatic carbocycles. The molecule has 0 bridgehead atoms. The number of nitrogens with two attached hydrogens (primary N) is 2. The van der Waals surface area contributed by atoms with Gasteiger partial charge in [-0.05, 0) is 0 Å². The standard InChI is InChI=1S/C7H10N4O/c1-11-4-5(3-10-11)6(2-8)7(9)12/h2-4H,8H2,1H3,(H2,9,12)/b6-2-. The Bertz CT molecular complexity index is 326. The number of hydrogen-bond acceptors (Lipinski definition) is 3. The number of carbonyl (C=O) groups is 1. The number of aryl methyl sites for hydroxylation is 1. The molecule has 0 aromatic carbocycles. The van der Waals surface area contributed by atoms with E-state index in [0.717, 1.165) is 0 Å². The highest BCUT2D eigenvalue weighted by atomic mass is 16.1. The molecule has 5 heteroatoms. The summed E-state index contributed by atoms with van der Waals surface area (Å²) < 4.78 is 1.57. The summed E-state index contributed by atoms with van der Waals surface area (Å²) in [5.74, 6) is -0.550. The zero-order valence-electron chi connectivity index (χ0n) is 6.69. The average molecular weight is 166 g/mol. The molecule has 0 radical (unpaired) electrons. The highest BCUT2D eigenvalue weighted by Crippen LogP contribution is 2.10. The molecule has 0 spiro atoms. The lowest BCUT2D eigenvalue weighted by Gasteiger charge is -1.95. The lowest BCUT2D eigenvalue weighted by molar-refractivity contribution is -0.112. The van der Waals surface area contributed by atoms with Crippen molar-refractivity contribution in [2.45, 2.75) is 0 Å². The molecule has 64 valence electrons. The summed E-state index contributed by atoms with van der Waals surface area (Å²) in [5.41, 5.74) is 11.2. The molecule has 0 fully saturated rings. The second-order valence-electron chi connectivity index (χ2n) is 2.35. The first-order chi connectivity index (χ1) is 5.65. The molecule has 1 rings (SSSR count). The van der Waals surface area contributed by atoms with Crippen molar-refractivity contribution in [1.29, 1.82) is 0 Å². The number of hydrogen-bond donors (Lipinski definition) is 2. The minimum Gasteiger partial charge on any atom is -0.404 e. The van der Waals surface area contributed by atoms with Gasteiger partial charge >= 0.3 is 0 Å². The minimum atomic E-state index is -0.550. The predicted molar refractivity (Wildman–Crippen MR) is 44.6 cm³/mol. The van der Waals surface area contributed by atoms with Crippen LogP contribution in [0.4, 0.5) is 0 Å². The molecule has 1 aromatic rings. The van der Waals surface area contributed by atoms with Gasteiger partial charge in [0.05, 0.1) is 11.8 Å². The molecule has 4 N–H and O–H groups in total. The highest BCUT2D eigenvalue weighted by molar-refractivity contribution is 6.18. The van der Waals surface area contributed by atoms with Gasteiger partial charge < -0.3 is 11.5 Å². The number of nitrogens with zero attached hydrogens (tertiary/aromatic N) is 2. The van der Waals surface area contributed by atoms with E-state index < -0.39 is 5.91 Å². The summed E-state index contributed by atoms with van der Waals surface area (Å²) in [7, 11) is 1.75. The Labute approximate surface area is 69.7 Å². The van der Waals surface area contributed by atoms with Gasteiger partial charge in [0.2, 0.25) is 0 Å². The fourth-order valence-corrected chi connectivity index (χ4v) is 0.881. The first-order valence-electron chi connectivity index (χ1n) is 3.36. The predicted octanol–water partition coefficient (Wildman–Crippen LogP) is -0.795. The molecular formula is C7H10N4O. The molecule has 1 aromatic heterocycles. The van der Waals surface area contributed by atoms with Crippen molar-refractivity contribution in [3.8, 4) is 0 Å². The zero-order chi connectivity index (χ0) is 9.14. The van der Waals surface area contributed by atoms with Crippen molar-refractivity contribution in [2.75, 3.05) is 0 Å². The molecule has 0 unspecified atom stereocenters. The van der Waals surface area contributed by atoms with E-state index in [1.165, 1.54) is 12.4 Å². The Morgan fingerprint density at radius 2 is 2.42 bits per heavy atom. The van der Waals surface area contributed by atoms with E-state index in [9.17, 15) is 4.79 Å². The van der Waals surface area contributed by atoms with Crippen molar-refractivity contribution in [2.24, 2.45) is 18.5 Å². The quantitative estimate of drug-likeness (QED) is 0.564. The summed E-state index contributed by atoms with van der Waals surface area (Å²) in [5, 5.41) is 3.88. The van der Waals surface area contributed by atoms with Gasteiger partial charge in [-0.25, -0.2) is 0 Å². The Kier molecular flexibility index (Phi) is 2.14. The third-order valence-corrected chi connectivity index (χ3v) is 1.45. The van der Waals surface area contributed by atoms with Gasteiger partial charge in [0, 0.05) is 25.0 Å². The Morgan fingerprint density at radius 1 is 1.75 bits per heavy atom. The van der Waals surface area contributed by atoms with Crippen molar-refractivity contribution in [3.05, 3.63) is 24.2 Å². The van der Waals surface area contributed by atoms with Gasteiger partial charge in [0.15, 0.2) is 0 Å². The lowest BCUT2D eigenvalue weighted by Crippen LogP contribution is -2.13. The molecule has 5 nitrogen and oxygen atoms in total. The van der Waals surface area contributed by atoms with E-state index in [1.54, 1.807) is 17.9 Å². The van der Waals surface area contributed by atoms with E-state index in [2.05, 4.69) is 5.10 Å². The summed E-state index contributed by atoms with van der Waals surface area (Å²) in [6.07, 6.45) is 4.38. The van der Waals surface area contributed by atoms with Crippen molar-refractivity contribution in [3.63, 3.8) is 0 Å². The molecule has 0 atom stereocenters. The van der Waals surface area contributed by atoms with Gasteiger partial charge in [-0.3, -0.25) is 9.48 Å². The molecule has 12 heavy (non-hydrogen) atoms. The Balaban J connectivity index is 3.04. The molecular weight excluding hydrogens is 156 g/mol. The van der Waals surface area contributed by atoms with Crippen LogP contribution in [0.1, 0.15) is 5.56 Å². The van der Waals surface area contributed by atoms with Crippen LogP contribution in [0.2, 0.25) is 0 Å². The normalized spacial score (nSPS) is 11.6. The molecule has 1 heterocycles. The Morgan fingerprint density at radius 3 is 2.75 bits per heavy atom. The van der Waals surface area contributed by atoms with Crippen LogP contribution in [0.25, 0.3) is 5.57 Å². The van der Waals surface area contributed by atoms with Gasteiger partial charge in [0.25, 0.3) is 5.91 Å². The van der Waals surface area contributed by atoms with Gasteiger partial charge in [0.1, 0.15) is 0 Å². The number of aromatic nitrogens is 2.